The molecule has 1 heterocycles. The molecule has 0 radical (unpaired) electrons. The van der Waals surface area contributed by atoms with E-state index >= 15 is 0 Å². The van der Waals surface area contributed by atoms with Crippen LogP contribution in [0.4, 0.5) is 0 Å². The third-order valence-electron chi connectivity index (χ3n) is 2.93. The number of hydrogen-bond donors (Lipinski definition) is 2. The van der Waals surface area contributed by atoms with Gasteiger partial charge in [-0.15, -0.1) is 0 Å². The maximum absolute atomic E-state index is 12.5. The van der Waals surface area contributed by atoms with Crippen molar-refractivity contribution in [2.24, 2.45) is 0 Å². The van der Waals surface area contributed by atoms with E-state index in [0.29, 0.717) is 15.7 Å². The lowest BCUT2D eigenvalue weighted by Crippen LogP contribution is -2.27. The van der Waals surface area contributed by atoms with Crippen LogP contribution in [0.25, 0.3) is 0 Å². The number of rotatable bonds is 5. The number of sulfonamides is 1. The van der Waals surface area contributed by atoms with Crippen LogP contribution in [0.5, 0.6) is 0 Å². The van der Waals surface area contributed by atoms with E-state index in [9.17, 15) is 8.42 Å². The van der Waals surface area contributed by atoms with Gasteiger partial charge in [-0.1, -0.05) is 12.1 Å². The highest BCUT2D eigenvalue weighted by molar-refractivity contribution is 9.10. The molecule has 5 nitrogen and oxygen atoms in total. The third kappa shape index (κ3) is 3.88. The summed E-state index contributed by atoms with van der Waals surface area (Å²) in [6.07, 6.45) is 1.61. The van der Waals surface area contributed by atoms with Gasteiger partial charge >= 0.3 is 0 Å². The molecule has 1 atom stereocenters. The Hall–Kier alpha value is -1.28. The summed E-state index contributed by atoms with van der Waals surface area (Å²) >= 11 is 3.23. The van der Waals surface area contributed by atoms with E-state index in [1.165, 1.54) is 6.07 Å². The minimum Gasteiger partial charge on any atom is -0.392 e. The van der Waals surface area contributed by atoms with Crippen molar-refractivity contribution in [3.05, 3.63) is 58.3 Å². The van der Waals surface area contributed by atoms with E-state index in [-0.39, 0.29) is 11.5 Å². The highest BCUT2D eigenvalue weighted by Gasteiger charge is 2.21. The van der Waals surface area contributed by atoms with Crippen molar-refractivity contribution in [3.8, 4) is 0 Å². The number of aliphatic hydroxyl groups is 1. The Bertz CT molecular complexity index is 720. The molecule has 7 heteroatoms. The number of hydrogen-bond acceptors (Lipinski definition) is 4. The van der Waals surface area contributed by atoms with E-state index in [4.69, 9.17) is 5.11 Å². The Morgan fingerprint density at radius 1 is 1.33 bits per heavy atom. The summed E-state index contributed by atoms with van der Waals surface area (Å²) in [4.78, 5) is 4.23. The van der Waals surface area contributed by atoms with Crippen LogP contribution < -0.4 is 4.72 Å². The molecular weight excluding hydrogens is 356 g/mol. The second-order valence-corrected chi connectivity index (χ2v) is 7.06. The molecule has 0 fully saturated rings. The van der Waals surface area contributed by atoms with Crippen LogP contribution in [-0.2, 0) is 16.6 Å². The van der Waals surface area contributed by atoms with E-state index in [1.807, 2.05) is 0 Å². The quantitative estimate of drug-likeness (QED) is 0.846. The summed E-state index contributed by atoms with van der Waals surface area (Å²) in [5.74, 6) is 0. The number of nitrogens with zero attached hydrogens (tertiary/aromatic N) is 1. The average molecular weight is 371 g/mol. The number of benzene rings is 1. The molecule has 0 spiro atoms. The molecule has 1 aromatic carbocycles. The molecule has 112 valence electrons. The van der Waals surface area contributed by atoms with Crippen LogP contribution >= 0.6 is 15.9 Å². The summed E-state index contributed by atoms with van der Waals surface area (Å²) in [6, 6.07) is 9.57. The van der Waals surface area contributed by atoms with Crippen molar-refractivity contribution in [3.63, 3.8) is 0 Å². The predicted octanol–water partition coefficient (Wildman–Crippen LogP) is 2.38. The fourth-order valence-electron chi connectivity index (χ4n) is 1.84. The topological polar surface area (TPSA) is 79.3 Å². The zero-order valence-electron chi connectivity index (χ0n) is 11.3. The monoisotopic (exact) mass is 370 g/mol. The first-order valence-electron chi connectivity index (χ1n) is 6.26. The first-order chi connectivity index (χ1) is 9.94. The standard InChI is InChI=1S/C14H15BrN2O3S/c1-10(13-4-2-3-7-16-13)17-21(19,20)14-8-11(9-18)5-6-12(14)15/h2-8,10,17-18H,9H2,1H3. The third-order valence-corrected chi connectivity index (χ3v) is 5.47. The SMILES string of the molecule is CC(NS(=O)(=O)c1cc(CO)ccc1Br)c1ccccn1. The van der Waals surface area contributed by atoms with E-state index in [2.05, 4.69) is 25.6 Å². The Morgan fingerprint density at radius 2 is 2.10 bits per heavy atom. The maximum Gasteiger partial charge on any atom is 0.242 e. The predicted molar refractivity (Wildman–Crippen MR) is 83.0 cm³/mol. The van der Waals surface area contributed by atoms with Gasteiger partial charge in [0.05, 0.1) is 23.2 Å². The summed E-state index contributed by atoms with van der Waals surface area (Å²) in [5.41, 5.74) is 1.17. The van der Waals surface area contributed by atoms with Gasteiger partial charge in [0.25, 0.3) is 0 Å². The maximum atomic E-state index is 12.5. The van der Waals surface area contributed by atoms with Crippen LogP contribution in [0.1, 0.15) is 24.2 Å². The Labute approximate surface area is 132 Å². The molecule has 1 aromatic heterocycles. The lowest BCUT2D eigenvalue weighted by Gasteiger charge is -2.15. The number of nitrogens with one attached hydrogen (secondary N) is 1. The summed E-state index contributed by atoms with van der Waals surface area (Å²) in [6.45, 7) is 1.51. The van der Waals surface area contributed by atoms with Crippen LogP contribution in [0.3, 0.4) is 0 Å². The molecule has 2 rings (SSSR count). The molecule has 0 aliphatic heterocycles. The van der Waals surface area contributed by atoms with E-state index in [1.54, 1.807) is 43.5 Å². The molecule has 0 amide bonds. The van der Waals surface area contributed by atoms with Crippen LogP contribution in [0.15, 0.2) is 52.0 Å². The fraction of sp³-hybridized carbons (Fsp3) is 0.214. The molecule has 21 heavy (non-hydrogen) atoms. The minimum absolute atomic E-state index is 0.0943. The molecule has 1 unspecified atom stereocenters. The molecule has 0 saturated carbocycles. The summed E-state index contributed by atoms with van der Waals surface area (Å²) < 4.78 is 27.9. The first-order valence-corrected chi connectivity index (χ1v) is 8.54. The molecule has 0 saturated heterocycles. The van der Waals surface area contributed by atoms with Gasteiger partial charge in [-0.3, -0.25) is 4.98 Å². The number of halogens is 1. The van der Waals surface area contributed by atoms with Gasteiger partial charge in [-0.2, -0.15) is 0 Å². The van der Waals surface area contributed by atoms with Crippen molar-refractivity contribution >= 4 is 26.0 Å². The fourth-order valence-corrected chi connectivity index (χ4v) is 4.07. The molecule has 2 N–H and O–H groups in total. The molecular formula is C14H15BrN2O3S. The van der Waals surface area contributed by atoms with Gasteiger partial charge < -0.3 is 5.11 Å². The Morgan fingerprint density at radius 3 is 2.71 bits per heavy atom. The lowest BCUT2D eigenvalue weighted by atomic mass is 10.2. The van der Waals surface area contributed by atoms with Gasteiger partial charge in [0, 0.05) is 10.7 Å². The highest BCUT2D eigenvalue weighted by atomic mass is 79.9. The molecule has 0 bridgehead atoms. The number of pyridine rings is 1. The normalized spacial score (nSPS) is 13.1. The summed E-state index contributed by atoms with van der Waals surface area (Å²) in [5, 5.41) is 9.14. The van der Waals surface area contributed by atoms with Gasteiger partial charge in [0.15, 0.2) is 0 Å². The summed E-state index contributed by atoms with van der Waals surface area (Å²) in [7, 11) is -3.72. The van der Waals surface area contributed by atoms with Gasteiger partial charge in [0.2, 0.25) is 10.0 Å². The second kappa shape index (κ2) is 6.65. The van der Waals surface area contributed by atoms with Crippen molar-refractivity contribution in [1.29, 1.82) is 0 Å². The molecule has 0 aliphatic carbocycles. The largest absolute Gasteiger partial charge is 0.392 e. The second-order valence-electron chi connectivity index (χ2n) is 4.52. The van der Waals surface area contributed by atoms with Gasteiger partial charge in [0.1, 0.15) is 0 Å². The zero-order chi connectivity index (χ0) is 15.5. The Balaban J connectivity index is 2.30. The van der Waals surface area contributed by atoms with E-state index in [0.717, 1.165) is 0 Å². The average Bonchev–Trinajstić information content (AvgIpc) is 2.48. The lowest BCUT2D eigenvalue weighted by molar-refractivity contribution is 0.281. The Kier molecular flexibility index (Phi) is 5.10. The number of aromatic nitrogens is 1. The van der Waals surface area contributed by atoms with E-state index < -0.39 is 16.1 Å². The molecule has 2 aromatic rings. The van der Waals surface area contributed by atoms with Gasteiger partial charge in [-0.05, 0) is 52.7 Å². The van der Waals surface area contributed by atoms with Gasteiger partial charge in [-0.25, -0.2) is 13.1 Å². The molecule has 0 aliphatic rings. The van der Waals surface area contributed by atoms with Crippen molar-refractivity contribution in [2.75, 3.05) is 0 Å². The van der Waals surface area contributed by atoms with Crippen molar-refractivity contribution in [2.45, 2.75) is 24.5 Å². The van der Waals surface area contributed by atoms with Crippen molar-refractivity contribution in [1.82, 2.24) is 9.71 Å². The first kappa shape index (κ1) is 16.1. The minimum atomic E-state index is -3.72. The van der Waals surface area contributed by atoms with Crippen molar-refractivity contribution < 1.29 is 13.5 Å². The van der Waals surface area contributed by atoms with Crippen LogP contribution in [-0.4, -0.2) is 18.5 Å². The van der Waals surface area contributed by atoms with Crippen LogP contribution in [0.2, 0.25) is 0 Å². The van der Waals surface area contributed by atoms with Crippen LogP contribution in [0, 0.1) is 0 Å². The number of aliphatic hydroxyl groups excluding tert-OH is 1. The highest BCUT2D eigenvalue weighted by Crippen LogP contribution is 2.24. The smallest absolute Gasteiger partial charge is 0.242 e. The zero-order valence-corrected chi connectivity index (χ0v) is 13.7.